The highest BCUT2D eigenvalue weighted by Crippen LogP contribution is 2.51. The van der Waals surface area contributed by atoms with Crippen molar-refractivity contribution in [2.24, 2.45) is 11.8 Å². The first-order valence-electron chi connectivity index (χ1n) is 26.0. The number of ether oxygens (including phenoxy) is 2. The van der Waals surface area contributed by atoms with Gasteiger partial charge in [-0.05, 0) is 107 Å². The molecule has 5 aromatic rings. The molecule has 0 radical (unpaired) electrons. The van der Waals surface area contributed by atoms with Gasteiger partial charge in [-0.2, -0.15) is 0 Å². The quantitative estimate of drug-likeness (QED) is 0.0187. The fraction of sp³-hybridized carbons (Fsp3) is 0.323. The first-order chi connectivity index (χ1) is 36.1. The van der Waals surface area contributed by atoms with Gasteiger partial charge in [-0.15, -0.1) is 0 Å². The Hall–Kier alpha value is -6.48. The summed E-state index contributed by atoms with van der Waals surface area (Å²) in [6.07, 6.45) is 3.09. The van der Waals surface area contributed by atoms with Crippen LogP contribution >= 0.6 is 6.89 Å². The molecule has 2 fully saturated rings. The Bertz CT molecular complexity index is 2950. The molecule has 0 aliphatic carbocycles. The summed E-state index contributed by atoms with van der Waals surface area (Å²) in [7, 11) is -3.85. The minimum absolute atomic E-state index is 0.0237. The van der Waals surface area contributed by atoms with Gasteiger partial charge in [0.1, 0.15) is 24.3 Å². The number of hydrogen-bond donors (Lipinski definition) is 0. The second kappa shape index (κ2) is 24.2. The van der Waals surface area contributed by atoms with Gasteiger partial charge < -0.3 is 28.1 Å². The van der Waals surface area contributed by atoms with Crippen LogP contribution in [-0.4, -0.2) is 98.9 Å². The molecule has 0 spiro atoms. The highest BCUT2D eigenvalue weighted by Gasteiger charge is 2.59. The molecule has 76 heavy (non-hydrogen) atoms. The van der Waals surface area contributed by atoms with E-state index in [0.717, 1.165) is 38.2 Å². The number of Topliss-reactive ketones (excluding diaryl/α,β-unsaturated/α-hetero) is 1. The highest BCUT2D eigenvalue weighted by molar-refractivity contribution is 7.96. The van der Waals surface area contributed by atoms with Gasteiger partial charge in [0, 0.05) is 18.9 Å². The minimum atomic E-state index is -3.11. The largest absolute Gasteiger partial charge is 0.457 e. The van der Waals surface area contributed by atoms with Crippen LogP contribution in [-0.2, 0) is 37.5 Å². The van der Waals surface area contributed by atoms with E-state index >= 15 is 0 Å². The van der Waals surface area contributed by atoms with Crippen LogP contribution in [0.1, 0.15) is 53.7 Å². The molecule has 14 heteroatoms. The van der Waals surface area contributed by atoms with Crippen molar-refractivity contribution in [1.82, 2.24) is 9.80 Å². The summed E-state index contributed by atoms with van der Waals surface area (Å²) in [6.45, 7) is 24.8. The van der Waals surface area contributed by atoms with Crippen molar-refractivity contribution < 1.29 is 42.3 Å². The number of rotatable bonds is 20. The van der Waals surface area contributed by atoms with E-state index in [1.165, 1.54) is 12.2 Å². The zero-order valence-electron chi connectivity index (χ0n) is 45.7. The number of benzene rings is 5. The van der Waals surface area contributed by atoms with Crippen molar-refractivity contribution >= 4 is 80.0 Å². The Labute approximate surface area is 451 Å². The highest BCUT2D eigenvalue weighted by atomic mass is 31.2. The average molecular weight is 1080 g/mol. The van der Waals surface area contributed by atoms with Gasteiger partial charge in [-0.1, -0.05) is 170 Å². The van der Waals surface area contributed by atoms with E-state index in [0.29, 0.717) is 17.7 Å². The van der Waals surface area contributed by atoms with Crippen molar-refractivity contribution in [2.75, 3.05) is 13.2 Å². The molecule has 3 aliphatic rings. The molecule has 0 saturated carbocycles. The fourth-order valence-corrected chi connectivity index (χ4v) is 17.8. The van der Waals surface area contributed by atoms with E-state index in [1.54, 1.807) is 15.9 Å². The molecule has 8 rings (SSSR count). The molecule has 11 nitrogen and oxygen atoms in total. The van der Waals surface area contributed by atoms with Crippen molar-refractivity contribution in [3.63, 3.8) is 0 Å². The summed E-state index contributed by atoms with van der Waals surface area (Å²) in [6, 6.07) is 44.4. The summed E-state index contributed by atoms with van der Waals surface area (Å²) in [5.74, 6) is -2.34. The molecule has 5 aromatic carbocycles. The number of ketones is 1. The van der Waals surface area contributed by atoms with Gasteiger partial charge in [0.05, 0.1) is 36.1 Å². The number of nitrogens with zero attached hydrogens (tertiary/aromatic N) is 2. The van der Waals surface area contributed by atoms with Crippen LogP contribution in [0.25, 0.3) is 5.57 Å². The van der Waals surface area contributed by atoms with Crippen molar-refractivity contribution in [3.05, 3.63) is 193 Å². The van der Waals surface area contributed by atoms with Crippen molar-refractivity contribution in [3.8, 4) is 0 Å². The molecule has 6 atom stereocenters. The molecule has 0 N–H and O–H groups in total. The van der Waals surface area contributed by atoms with E-state index in [4.69, 9.17) is 18.3 Å². The van der Waals surface area contributed by atoms with E-state index in [-0.39, 0.29) is 60.7 Å². The molecule has 2 saturated heterocycles. The Balaban J connectivity index is 0.000000254. The maximum Gasteiger partial charge on any atom is 0.356 e. The lowest BCUT2D eigenvalue weighted by molar-refractivity contribution is -0.161. The van der Waals surface area contributed by atoms with Crippen LogP contribution in [0, 0.1) is 25.7 Å². The Morgan fingerprint density at radius 1 is 0.645 bits per heavy atom. The van der Waals surface area contributed by atoms with Gasteiger partial charge >= 0.3 is 11.9 Å². The lowest BCUT2D eigenvalue weighted by Gasteiger charge is -2.52. The third-order valence-electron chi connectivity index (χ3n) is 13.7. The monoisotopic (exact) mass is 1080 g/mol. The summed E-state index contributed by atoms with van der Waals surface area (Å²) in [5, 5.41) is 2.66. The van der Waals surface area contributed by atoms with Crippen LogP contribution in [0.4, 0.5) is 0 Å². The third-order valence-corrected chi connectivity index (χ3v) is 20.1. The second-order valence-corrected chi connectivity index (χ2v) is 33.9. The molecule has 3 heterocycles. The number of carbonyl (C=O) groups excluding carboxylic acids is 5. The van der Waals surface area contributed by atoms with E-state index in [9.17, 15) is 24.0 Å². The Morgan fingerprint density at radius 2 is 1.13 bits per heavy atom. The molecule has 0 aromatic heterocycles. The topological polar surface area (TPSA) is 129 Å². The zero-order valence-corrected chi connectivity index (χ0v) is 48.6. The number of fused-ring (bicyclic) bond motifs is 1. The van der Waals surface area contributed by atoms with E-state index in [1.807, 2.05) is 161 Å². The molecule has 3 aliphatic heterocycles. The predicted octanol–water partition coefficient (Wildman–Crippen LogP) is 10.4. The smallest absolute Gasteiger partial charge is 0.356 e. The van der Waals surface area contributed by atoms with Gasteiger partial charge in [0.15, 0.2) is 22.4 Å². The summed E-state index contributed by atoms with van der Waals surface area (Å²) >= 11 is 0. The number of likely N-dealkylation sites (tertiary alicyclic amines) is 1. The zero-order chi connectivity index (χ0) is 55.1. The number of β-lactam (4-membered cyclic amide) rings is 2. The van der Waals surface area contributed by atoms with E-state index in [2.05, 4.69) is 52.4 Å². The Morgan fingerprint density at radius 3 is 1.62 bits per heavy atom. The van der Waals surface area contributed by atoms with Crippen molar-refractivity contribution in [1.29, 1.82) is 0 Å². The normalized spacial score (nSPS) is 19.0. The summed E-state index contributed by atoms with van der Waals surface area (Å²) < 4.78 is 23.9. The molecule has 0 bridgehead atoms. The number of hydrogen-bond acceptors (Lipinski definition) is 9. The maximum absolute atomic E-state index is 14.8. The molecular weight excluding hydrogens is 1000 g/mol. The molecule has 2 amide bonds. The van der Waals surface area contributed by atoms with Gasteiger partial charge in [0.25, 0.3) is 0 Å². The second-order valence-electron chi connectivity index (χ2n) is 21.6. The molecule has 0 unspecified atom stereocenters. The number of amides is 2. The van der Waals surface area contributed by atoms with Crippen LogP contribution in [0.2, 0.25) is 39.3 Å². The predicted molar refractivity (Wildman–Crippen MR) is 311 cm³/mol. The summed E-state index contributed by atoms with van der Waals surface area (Å²) in [5.41, 5.74) is 5.10. The van der Waals surface area contributed by atoms with Crippen LogP contribution < -0.4 is 15.9 Å². The van der Waals surface area contributed by atoms with Gasteiger partial charge in [-0.25, -0.2) is 9.59 Å². The standard InChI is InChI=1S/C40H44NO5PSi.C22H29NO4Si/c1-7-26-45-40(44)39(47(32-20-11-8-12-21-32,33-22-13-9-14-23-33)34-24-15-10-16-25-34)41-35(28-36(42)31-19-17-18-29(2)27-31)37(38(41)43)30(3)46-48(4,5)6;1-7-11-26-22(25)20-17(16-10-8-9-14(2)12-16)13-18-19(21(24)23(18)20)15(3)27-28(4,5)6/h7-25,27,30,35,37H,1,26,28H2,2-6H3;7-10,12,15,18-19H,1,11,13H2,2-6H3/t30-,35-,37-;15-,18-,19-/m11/s1. The maximum atomic E-state index is 14.8. The molecule has 398 valence electrons. The minimum Gasteiger partial charge on any atom is -0.457 e. The number of carbonyl (C=O) groups is 5. The molecular formula is C62H73N2O9PSi2. The third kappa shape index (κ3) is 12.4. The van der Waals surface area contributed by atoms with Crippen molar-refractivity contribution in [2.45, 2.75) is 104 Å². The average Bonchev–Trinajstić information content (AvgIpc) is 3.84. The number of aryl methyl sites for hydroxylation is 2. The van der Waals surface area contributed by atoms with Gasteiger partial charge in [-0.3, -0.25) is 14.4 Å². The SMILES string of the molecule is C=CCOC(=O)C(N1C(=O)[C@H]([C@@H](C)O[Si](C)(C)C)[C@H]1CC(=O)c1cccc(C)c1)=P(c1ccccc1)(c1ccccc1)c1ccccc1.C=CCOC(=O)C1=C(c2cccc(C)c2)C[C@@H]2[C@@H]([C@@H](C)O[Si](C)(C)C)C(=O)N12. The lowest BCUT2D eigenvalue weighted by atomic mass is 9.79. The first-order valence-corrected chi connectivity index (χ1v) is 34.6. The van der Waals surface area contributed by atoms with Gasteiger partial charge in [0.2, 0.25) is 11.8 Å². The van der Waals surface area contributed by atoms with Crippen LogP contribution in [0.3, 0.4) is 0 Å². The van der Waals surface area contributed by atoms with Crippen LogP contribution in [0.5, 0.6) is 0 Å². The first kappa shape index (κ1) is 57.2. The summed E-state index contributed by atoms with van der Waals surface area (Å²) in [4.78, 5) is 72.5. The number of esters is 2. The fourth-order valence-electron chi connectivity index (χ4n) is 10.9. The van der Waals surface area contributed by atoms with Crippen LogP contribution in [0.15, 0.2) is 171 Å². The lowest BCUT2D eigenvalue weighted by Crippen LogP contribution is -2.69. The van der Waals surface area contributed by atoms with E-state index < -0.39 is 53.5 Å². The Kier molecular flexibility index (Phi) is 18.3.